The molecule has 2 aliphatic rings. The highest BCUT2D eigenvalue weighted by Gasteiger charge is 2.21. The maximum Gasteiger partial charge on any atom is 0.224 e. The van der Waals surface area contributed by atoms with Crippen LogP contribution in [0.1, 0.15) is 17.5 Å². The van der Waals surface area contributed by atoms with Gasteiger partial charge in [-0.05, 0) is 48.4 Å². The van der Waals surface area contributed by atoms with Crippen molar-refractivity contribution in [3.8, 4) is 0 Å². The highest BCUT2D eigenvalue weighted by Crippen LogP contribution is 2.28. The zero-order chi connectivity index (χ0) is 18.1. The number of aliphatic imine (C=N–C) groups is 1. The Morgan fingerprint density at radius 2 is 1.92 bits per heavy atom. The third-order valence-electron chi connectivity index (χ3n) is 4.09. The number of benzene rings is 2. The molecule has 0 saturated heterocycles. The second-order valence-corrected chi connectivity index (χ2v) is 6.85. The van der Waals surface area contributed by atoms with Gasteiger partial charge in [0.15, 0.2) is 5.17 Å². The van der Waals surface area contributed by atoms with E-state index in [1.165, 1.54) is 30.0 Å². The van der Waals surface area contributed by atoms with Gasteiger partial charge in [-0.25, -0.2) is 13.8 Å². The Bertz CT molecular complexity index is 941. The summed E-state index contributed by atoms with van der Waals surface area (Å²) < 4.78 is 27.4. The number of amidine groups is 1. The van der Waals surface area contributed by atoms with E-state index >= 15 is 0 Å². The molecule has 0 radical (unpaired) electrons. The molecule has 0 atom stereocenters. The van der Waals surface area contributed by atoms with E-state index in [-0.39, 0.29) is 11.7 Å². The summed E-state index contributed by atoms with van der Waals surface area (Å²) in [5.74, 6) is -0.392. The van der Waals surface area contributed by atoms with Crippen molar-refractivity contribution in [2.24, 2.45) is 10.1 Å². The van der Waals surface area contributed by atoms with Crippen LogP contribution in [0.4, 0.5) is 20.2 Å². The van der Waals surface area contributed by atoms with Crippen LogP contribution >= 0.6 is 11.8 Å². The van der Waals surface area contributed by atoms with Crippen LogP contribution in [0.3, 0.4) is 0 Å². The van der Waals surface area contributed by atoms with E-state index < -0.39 is 5.82 Å². The van der Waals surface area contributed by atoms with Crippen molar-refractivity contribution in [1.82, 2.24) is 5.43 Å². The van der Waals surface area contributed by atoms with Gasteiger partial charge < -0.3 is 5.32 Å². The number of amides is 1. The van der Waals surface area contributed by atoms with Crippen molar-refractivity contribution in [1.29, 1.82) is 0 Å². The number of aryl methyl sites for hydroxylation is 1. The fraction of sp³-hybridized carbons (Fsp3) is 0.167. The van der Waals surface area contributed by atoms with Crippen molar-refractivity contribution in [2.45, 2.75) is 12.8 Å². The van der Waals surface area contributed by atoms with Crippen molar-refractivity contribution in [3.05, 3.63) is 59.2 Å². The second-order valence-electron chi connectivity index (χ2n) is 5.89. The Balaban J connectivity index is 1.56. The molecule has 8 heteroatoms. The number of hydrogen-bond donors (Lipinski definition) is 2. The Hall–Kier alpha value is -2.74. The molecule has 26 heavy (non-hydrogen) atoms. The standard InChI is InChI=1S/C18H14F2N4OS/c19-11-2-4-12(5-3-11)21-18-24-23-16(9-26-18)13-7-10-1-6-17(25)22-15(10)8-14(13)20/h2-5,7-8H,1,6,9H2,(H,21,24)(H,22,25). The molecule has 2 aromatic carbocycles. The molecule has 0 saturated carbocycles. The zero-order valence-corrected chi connectivity index (χ0v) is 14.4. The van der Waals surface area contributed by atoms with Gasteiger partial charge in [0, 0.05) is 23.4 Å². The number of halogens is 2. The van der Waals surface area contributed by atoms with Crippen LogP contribution in [-0.4, -0.2) is 22.5 Å². The molecule has 0 fully saturated rings. The van der Waals surface area contributed by atoms with E-state index in [0.717, 1.165) is 5.56 Å². The van der Waals surface area contributed by atoms with Crippen LogP contribution < -0.4 is 10.7 Å². The van der Waals surface area contributed by atoms with Gasteiger partial charge >= 0.3 is 0 Å². The van der Waals surface area contributed by atoms with Crippen molar-refractivity contribution >= 4 is 39.9 Å². The summed E-state index contributed by atoms with van der Waals surface area (Å²) in [6.45, 7) is 0. The predicted octanol–water partition coefficient (Wildman–Crippen LogP) is 3.58. The number of carbonyl (C=O) groups excluding carboxylic acids is 1. The van der Waals surface area contributed by atoms with E-state index in [4.69, 9.17) is 0 Å². The van der Waals surface area contributed by atoms with E-state index in [1.54, 1.807) is 18.2 Å². The first kappa shape index (κ1) is 16.7. The van der Waals surface area contributed by atoms with E-state index in [2.05, 4.69) is 20.8 Å². The van der Waals surface area contributed by atoms with Crippen LogP contribution in [0.5, 0.6) is 0 Å². The molecular formula is C18H14F2N4OS. The monoisotopic (exact) mass is 372 g/mol. The number of anilines is 1. The Morgan fingerprint density at radius 1 is 1.12 bits per heavy atom. The molecule has 132 valence electrons. The quantitative estimate of drug-likeness (QED) is 0.847. The summed E-state index contributed by atoms with van der Waals surface area (Å²) in [7, 11) is 0. The van der Waals surface area contributed by atoms with Gasteiger partial charge in [0.05, 0.1) is 11.4 Å². The minimum Gasteiger partial charge on any atom is -0.326 e. The molecule has 0 aliphatic carbocycles. The van der Waals surface area contributed by atoms with E-state index in [1.807, 2.05) is 0 Å². The molecule has 0 unspecified atom stereocenters. The van der Waals surface area contributed by atoms with Gasteiger partial charge in [0.25, 0.3) is 0 Å². The summed E-state index contributed by atoms with van der Waals surface area (Å²) in [6.07, 6.45) is 0.978. The van der Waals surface area contributed by atoms with Gasteiger partial charge in [0.2, 0.25) is 5.91 Å². The Morgan fingerprint density at radius 3 is 2.65 bits per heavy atom. The molecule has 0 spiro atoms. The smallest absolute Gasteiger partial charge is 0.224 e. The zero-order valence-electron chi connectivity index (χ0n) is 13.6. The normalized spacial score (nSPS) is 18.0. The highest BCUT2D eigenvalue weighted by molar-refractivity contribution is 8.14. The van der Waals surface area contributed by atoms with Gasteiger partial charge in [-0.15, -0.1) is 0 Å². The van der Waals surface area contributed by atoms with Crippen molar-refractivity contribution < 1.29 is 13.6 Å². The summed E-state index contributed by atoms with van der Waals surface area (Å²) in [5.41, 5.74) is 5.84. The molecule has 0 aromatic heterocycles. The minimum absolute atomic E-state index is 0.0986. The molecule has 4 rings (SSSR count). The fourth-order valence-electron chi connectivity index (χ4n) is 2.77. The number of hydrogen-bond acceptors (Lipinski definition) is 4. The van der Waals surface area contributed by atoms with Crippen LogP contribution in [-0.2, 0) is 11.2 Å². The number of fused-ring (bicyclic) bond motifs is 1. The van der Waals surface area contributed by atoms with Gasteiger partial charge in [0.1, 0.15) is 11.6 Å². The molecule has 0 bridgehead atoms. The molecule has 5 nitrogen and oxygen atoms in total. The summed E-state index contributed by atoms with van der Waals surface area (Å²) >= 11 is 1.39. The number of nitrogens with one attached hydrogen (secondary N) is 2. The number of carbonyl (C=O) groups is 1. The van der Waals surface area contributed by atoms with E-state index in [9.17, 15) is 13.6 Å². The molecule has 1 amide bonds. The topological polar surface area (TPSA) is 65.8 Å². The Kier molecular flexibility index (Phi) is 4.42. The maximum atomic E-state index is 14.4. The summed E-state index contributed by atoms with van der Waals surface area (Å²) in [5, 5.41) is 7.48. The minimum atomic E-state index is -0.425. The number of thioether (sulfide) groups is 1. The maximum absolute atomic E-state index is 14.4. The molecular weight excluding hydrogens is 358 g/mol. The lowest BCUT2D eigenvalue weighted by Crippen LogP contribution is -2.26. The lowest BCUT2D eigenvalue weighted by Gasteiger charge is -2.20. The second kappa shape index (κ2) is 6.87. The summed E-state index contributed by atoms with van der Waals surface area (Å²) in [4.78, 5) is 15.8. The average Bonchev–Trinajstić information content (AvgIpc) is 2.64. The first-order valence-corrected chi connectivity index (χ1v) is 8.99. The van der Waals surface area contributed by atoms with Crippen LogP contribution in [0.25, 0.3) is 0 Å². The van der Waals surface area contributed by atoms with Crippen LogP contribution in [0.2, 0.25) is 0 Å². The number of nitrogens with zero attached hydrogens (tertiary/aromatic N) is 2. The first-order chi connectivity index (χ1) is 12.6. The number of hydrazone groups is 1. The van der Waals surface area contributed by atoms with Gasteiger partial charge in [-0.2, -0.15) is 5.10 Å². The average molecular weight is 372 g/mol. The van der Waals surface area contributed by atoms with Crippen molar-refractivity contribution in [3.63, 3.8) is 0 Å². The summed E-state index contributed by atoms with van der Waals surface area (Å²) in [6, 6.07) is 8.90. The molecule has 2 N–H and O–H groups in total. The molecule has 2 aromatic rings. The molecule has 2 aliphatic heterocycles. The van der Waals surface area contributed by atoms with Crippen LogP contribution in [0.15, 0.2) is 46.5 Å². The number of rotatable bonds is 2. The fourth-order valence-corrected chi connectivity index (χ4v) is 3.54. The van der Waals surface area contributed by atoms with Crippen molar-refractivity contribution in [2.75, 3.05) is 11.1 Å². The lowest BCUT2D eigenvalue weighted by molar-refractivity contribution is -0.116. The third-order valence-corrected chi connectivity index (χ3v) is 4.96. The molecule has 2 heterocycles. The van der Waals surface area contributed by atoms with E-state index in [0.29, 0.717) is 46.4 Å². The first-order valence-electron chi connectivity index (χ1n) is 8.01. The Labute approximate surface area is 152 Å². The van der Waals surface area contributed by atoms with Gasteiger partial charge in [-0.1, -0.05) is 11.8 Å². The van der Waals surface area contributed by atoms with Gasteiger partial charge in [-0.3, -0.25) is 10.2 Å². The highest BCUT2D eigenvalue weighted by atomic mass is 32.2. The largest absolute Gasteiger partial charge is 0.326 e. The SMILES string of the molecule is O=C1CCc2cc(C3=NNC(=Nc4ccc(F)cc4)SC3)c(F)cc2N1. The third kappa shape index (κ3) is 3.45. The lowest BCUT2D eigenvalue weighted by atomic mass is 9.98. The van der Waals surface area contributed by atoms with Crippen LogP contribution in [0, 0.1) is 11.6 Å². The predicted molar refractivity (Wildman–Crippen MR) is 99.0 cm³/mol.